The smallest absolute Gasteiger partial charge is 0.255 e. The van der Waals surface area contributed by atoms with E-state index in [1.807, 2.05) is 10.8 Å². The summed E-state index contributed by atoms with van der Waals surface area (Å²) in [5.41, 5.74) is 0.400. The third kappa shape index (κ3) is 3.70. The van der Waals surface area contributed by atoms with E-state index in [2.05, 4.69) is 22.1 Å². The Kier molecular flexibility index (Phi) is 6.25. The number of rotatable bonds is 8. The lowest BCUT2D eigenvalue weighted by atomic mass is 10.1. The van der Waals surface area contributed by atoms with E-state index in [4.69, 9.17) is 9.47 Å². The number of aromatic nitrogens is 3. The number of hydrogen-bond acceptors (Lipinski definition) is 6. The van der Waals surface area contributed by atoms with Gasteiger partial charge in [-0.3, -0.25) is 4.79 Å². The molecule has 1 N–H and O–H groups in total. The number of allylic oxidation sites excluding steroid dienone is 1. The van der Waals surface area contributed by atoms with E-state index in [1.165, 1.54) is 26.0 Å². The molecule has 8 heteroatoms. The SMILES string of the molecule is C=CCn1c(CNC(=O)c2cccc(OC)c2OC)nnc1SC. The number of methoxy groups -OCH3 is 2. The van der Waals surface area contributed by atoms with Crippen molar-refractivity contribution in [1.29, 1.82) is 0 Å². The molecule has 2 aromatic rings. The minimum atomic E-state index is -0.274. The van der Waals surface area contributed by atoms with Crippen LogP contribution in [0.3, 0.4) is 0 Å². The summed E-state index contributed by atoms with van der Waals surface area (Å²) in [4.78, 5) is 12.5. The van der Waals surface area contributed by atoms with Gasteiger partial charge in [0, 0.05) is 6.54 Å². The van der Waals surface area contributed by atoms with E-state index in [-0.39, 0.29) is 12.5 Å². The van der Waals surface area contributed by atoms with Crippen LogP contribution in [-0.2, 0) is 13.1 Å². The Bertz CT molecular complexity index is 730. The standard InChI is InChI=1S/C16H20N4O3S/c1-5-9-20-13(18-19-16(20)24-4)10-17-15(21)11-7-6-8-12(22-2)14(11)23-3/h5-8H,1,9-10H2,2-4H3,(H,17,21). The molecule has 1 amide bonds. The summed E-state index contributed by atoms with van der Waals surface area (Å²) in [7, 11) is 3.03. The van der Waals surface area contributed by atoms with Crippen LogP contribution in [0.25, 0.3) is 0 Å². The minimum absolute atomic E-state index is 0.251. The Morgan fingerprint density at radius 2 is 2.17 bits per heavy atom. The average Bonchev–Trinajstić information content (AvgIpc) is 3.01. The van der Waals surface area contributed by atoms with Crippen molar-refractivity contribution < 1.29 is 14.3 Å². The second-order valence-corrected chi connectivity index (χ2v) is 5.50. The predicted molar refractivity (Wildman–Crippen MR) is 92.7 cm³/mol. The van der Waals surface area contributed by atoms with Gasteiger partial charge >= 0.3 is 0 Å². The highest BCUT2D eigenvalue weighted by Crippen LogP contribution is 2.30. The summed E-state index contributed by atoms with van der Waals surface area (Å²) in [6.07, 6.45) is 3.69. The van der Waals surface area contributed by atoms with Gasteiger partial charge in [0.25, 0.3) is 5.91 Å². The highest BCUT2D eigenvalue weighted by atomic mass is 32.2. The Morgan fingerprint density at radius 1 is 1.38 bits per heavy atom. The molecule has 0 aliphatic heterocycles. The van der Waals surface area contributed by atoms with E-state index >= 15 is 0 Å². The van der Waals surface area contributed by atoms with Gasteiger partial charge in [-0.05, 0) is 18.4 Å². The number of benzene rings is 1. The number of hydrogen-bond donors (Lipinski definition) is 1. The highest BCUT2D eigenvalue weighted by molar-refractivity contribution is 7.98. The van der Waals surface area contributed by atoms with Gasteiger partial charge in [-0.25, -0.2) is 0 Å². The van der Waals surface area contributed by atoms with Gasteiger partial charge in [0.15, 0.2) is 22.5 Å². The molecule has 0 atom stereocenters. The van der Waals surface area contributed by atoms with Crippen molar-refractivity contribution in [2.45, 2.75) is 18.2 Å². The first kappa shape index (κ1) is 17.9. The molecule has 1 aromatic carbocycles. The molecule has 0 unspecified atom stereocenters. The van der Waals surface area contributed by atoms with E-state index < -0.39 is 0 Å². The fraction of sp³-hybridized carbons (Fsp3) is 0.312. The van der Waals surface area contributed by atoms with Crippen molar-refractivity contribution in [1.82, 2.24) is 20.1 Å². The predicted octanol–water partition coefficient (Wildman–Crippen LogP) is 2.13. The first-order valence-corrected chi connectivity index (χ1v) is 8.44. The summed E-state index contributed by atoms with van der Waals surface area (Å²) in [5.74, 6) is 1.29. The number of thioether (sulfide) groups is 1. The van der Waals surface area contributed by atoms with Gasteiger partial charge in [-0.2, -0.15) is 0 Å². The summed E-state index contributed by atoms with van der Waals surface area (Å²) >= 11 is 1.49. The number of nitrogens with one attached hydrogen (secondary N) is 1. The second kappa shape index (κ2) is 8.39. The van der Waals surface area contributed by atoms with Crippen LogP contribution in [0.2, 0.25) is 0 Å². The van der Waals surface area contributed by atoms with Crippen LogP contribution in [0.5, 0.6) is 11.5 Å². The van der Waals surface area contributed by atoms with Crippen LogP contribution >= 0.6 is 11.8 Å². The van der Waals surface area contributed by atoms with E-state index in [9.17, 15) is 4.79 Å². The maximum Gasteiger partial charge on any atom is 0.255 e. The Hall–Kier alpha value is -2.48. The topological polar surface area (TPSA) is 78.3 Å². The maximum absolute atomic E-state index is 12.5. The van der Waals surface area contributed by atoms with Crippen molar-refractivity contribution in [3.05, 3.63) is 42.2 Å². The van der Waals surface area contributed by atoms with Gasteiger partial charge in [0.2, 0.25) is 0 Å². The number of para-hydroxylation sites is 1. The van der Waals surface area contributed by atoms with E-state index in [0.29, 0.717) is 29.4 Å². The number of ether oxygens (including phenoxy) is 2. The second-order valence-electron chi connectivity index (χ2n) is 4.73. The van der Waals surface area contributed by atoms with Crippen LogP contribution in [0, 0.1) is 0 Å². The largest absolute Gasteiger partial charge is 0.493 e. The third-order valence-corrected chi connectivity index (χ3v) is 4.01. The number of amides is 1. The van der Waals surface area contributed by atoms with Crippen molar-refractivity contribution in [3.63, 3.8) is 0 Å². The third-order valence-electron chi connectivity index (χ3n) is 3.34. The molecular weight excluding hydrogens is 328 g/mol. The van der Waals surface area contributed by atoms with Gasteiger partial charge < -0.3 is 19.4 Å². The quantitative estimate of drug-likeness (QED) is 0.582. The van der Waals surface area contributed by atoms with Crippen molar-refractivity contribution in [2.75, 3.05) is 20.5 Å². The van der Waals surface area contributed by atoms with E-state index in [0.717, 1.165) is 5.16 Å². The summed E-state index contributed by atoms with van der Waals surface area (Å²) < 4.78 is 12.4. The molecule has 7 nitrogen and oxygen atoms in total. The monoisotopic (exact) mass is 348 g/mol. The molecule has 0 aliphatic carbocycles. The summed E-state index contributed by atoms with van der Waals surface area (Å²) in [5, 5.41) is 11.8. The molecule has 1 aromatic heterocycles. The fourth-order valence-corrected chi connectivity index (χ4v) is 2.76. The van der Waals surface area contributed by atoms with Crippen LogP contribution in [0.4, 0.5) is 0 Å². The average molecular weight is 348 g/mol. The Balaban J connectivity index is 2.17. The van der Waals surface area contributed by atoms with Gasteiger partial charge in [-0.15, -0.1) is 16.8 Å². The van der Waals surface area contributed by atoms with Gasteiger partial charge in [0.1, 0.15) is 0 Å². The zero-order valence-electron chi connectivity index (χ0n) is 13.9. The molecule has 24 heavy (non-hydrogen) atoms. The highest BCUT2D eigenvalue weighted by Gasteiger charge is 2.17. The normalized spacial score (nSPS) is 10.3. The van der Waals surface area contributed by atoms with Crippen molar-refractivity contribution >= 4 is 17.7 Å². The van der Waals surface area contributed by atoms with Crippen LogP contribution in [0.1, 0.15) is 16.2 Å². The molecule has 128 valence electrons. The minimum Gasteiger partial charge on any atom is -0.493 e. The maximum atomic E-state index is 12.5. The molecule has 0 fully saturated rings. The summed E-state index contributed by atoms with van der Waals surface area (Å²) in [6.45, 7) is 4.56. The number of carbonyl (C=O) groups is 1. The van der Waals surface area contributed by atoms with Crippen LogP contribution in [-0.4, -0.2) is 41.1 Å². The zero-order chi connectivity index (χ0) is 17.5. The zero-order valence-corrected chi connectivity index (χ0v) is 14.7. The van der Waals surface area contributed by atoms with Crippen molar-refractivity contribution in [2.24, 2.45) is 0 Å². The Labute approximate surface area is 145 Å². The molecule has 0 saturated heterocycles. The number of carbonyl (C=O) groups excluding carboxylic acids is 1. The molecule has 0 bridgehead atoms. The molecule has 0 radical (unpaired) electrons. The molecular formula is C16H20N4O3S. The first-order chi connectivity index (χ1) is 11.7. The molecule has 0 spiro atoms. The first-order valence-electron chi connectivity index (χ1n) is 7.22. The summed E-state index contributed by atoms with van der Waals surface area (Å²) in [6, 6.07) is 5.15. The lowest BCUT2D eigenvalue weighted by molar-refractivity contribution is 0.0945. The molecule has 2 rings (SSSR count). The fourth-order valence-electron chi connectivity index (χ4n) is 2.23. The van der Waals surface area contributed by atoms with Gasteiger partial charge in [0.05, 0.1) is 26.3 Å². The number of nitrogens with zero attached hydrogens (tertiary/aromatic N) is 3. The van der Waals surface area contributed by atoms with E-state index in [1.54, 1.807) is 24.3 Å². The molecule has 0 saturated carbocycles. The van der Waals surface area contributed by atoms with Crippen LogP contribution in [0.15, 0.2) is 36.0 Å². The lowest BCUT2D eigenvalue weighted by Gasteiger charge is -2.12. The van der Waals surface area contributed by atoms with Gasteiger partial charge in [-0.1, -0.05) is 23.9 Å². The lowest BCUT2D eigenvalue weighted by Crippen LogP contribution is -2.25. The van der Waals surface area contributed by atoms with Crippen molar-refractivity contribution in [3.8, 4) is 11.5 Å². The molecule has 0 aliphatic rings. The van der Waals surface area contributed by atoms with Crippen LogP contribution < -0.4 is 14.8 Å². The molecule has 1 heterocycles. The Morgan fingerprint density at radius 3 is 2.79 bits per heavy atom.